The molecule has 7 heteroatoms. The highest BCUT2D eigenvalue weighted by Crippen LogP contribution is 2.50. The molecule has 2 aliphatic rings. The van der Waals surface area contributed by atoms with Crippen molar-refractivity contribution in [2.75, 3.05) is 5.32 Å². The van der Waals surface area contributed by atoms with E-state index >= 15 is 0 Å². The number of benzene rings is 2. The van der Waals surface area contributed by atoms with E-state index in [1.807, 2.05) is 47.3 Å². The molecule has 0 radical (unpaired) electrons. The molecule has 146 valence electrons. The minimum absolute atomic E-state index is 0.186. The van der Waals surface area contributed by atoms with Gasteiger partial charge < -0.3 is 10.1 Å². The third-order valence-electron chi connectivity index (χ3n) is 5.49. The van der Waals surface area contributed by atoms with Gasteiger partial charge in [0.15, 0.2) is 0 Å². The Morgan fingerprint density at radius 1 is 0.967 bits per heavy atom. The SMILES string of the molecule is Brc1ccc(C2Oc3ccccc3C3=C2C(c2cccnc2)n2ncnc2N3)cc1. The van der Waals surface area contributed by atoms with Crippen LogP contribution in [0.4, 0.5) is 5.95 Å². The molecule has 0 saturated carbocycles. The van der Waals surface area contributed by atoms with Crippen molar-refractivity contribution in [1.29, 1.82) is 0 Å². The standard InChI is InChI=1S/C23H16BrN5O/c24-16-9-7-14(8-10-16)22-19-20(17-5-1-2-6-18(17)30-22)28-23-26-13-27-29(23)21(19)15-4-3-11-25-12-15/h1-13,21-22H,(H,26,27,28). The summed E-state index contributed by atoms with van der Waals surface area (Å²) in [6.45, 7) is 0. The molecule has 2 unspecified atom stereocenters. The smallest absolute Gasteiger partial charge is 0.226 e. The van der Waals surface area contributed by atoms with E-state index in [0.29, 0.717) is 5.95 Å². The molecule has 2 aromatic carbocycles. The molecule has 6 nitrogen and oxygen atoms in total. The van der Waals surface area contributed by atoms with Crippen molar-refractivity contribution in [2.45, 2.75) is 12.1 Å². The van der Waals surface area contributed by atoms with Crippen LogP contribution in [0.25, 0.3) is 5.70 Å². The van der Waals surface area contributed by atoms with Gasteiger partial charge in [-0.25, -0.2) is 4.68 Å². The minimum atomic E-state index is -0.280. The Morgan fingerprint density at radius 2 is 1.83 bits per heavy atom. The number of anilines is 1. The van der Waals surface area contributed by atoms with Gasteiger partial charge in [0.2, 0.25) is 5.95 Å². The third-order valence-corrected chi connectivity index (χ3v) is 6.02. The van der Waals surface area contributed by atoms with Crippen LogP contribution in [0.1, 0.15) is 28.8 Å². The van der Waals surface area contributed by atoms with Gasteiger partial charge in [-0.15, -0.1) is 0 Å². The topological polar surface area (TPSA) is 64.9 Å². The van der Waals surface area contributed by atoms with Crippen LogP contribution in [0, 0.1) is 0 Å². The van der Waals surface area contributed by atoms with Gasteiger partial charge in [0, 0.05) is 28.0 Å². The van der Waals surface area contributed by atoms with Crippen LogP contribution in [0.5, 0.6) is 5.75 Å². The number of nitrogens with zero attached hydrogens (tertiary/aromatic N) is 4. The van der Waals surface area contributed by atoms with Crippen molar-refractivity contribution in [1.82, 2.24) is 19.7 Å². The summed E-state index contributed by atoms with van der Waals surface area (Å²) >= 11 is 3.53. The second-order valence-electron chi connectivity index (χ2n) is 7.22. The summed E-state index contributed by atoms with van der Waals surface area (Å²) in [6, 6.07) is 20.2. The van der Waals surface area contributed by atoms with Crippen molar-refractivity contribution >= 4 is 27.6 Å². The summed E-state index contributed by atoms with van der Waals surface area (Å²) in [4.78, 5) is 8.80. The fraction of sp³-hybridized carbons (Fsp3) is 0.0870. The van der Waals surface area contributed by atoms with Crippen LogP contribution in [0.3, 0.4) is 0 Å². The predicted molar refractivity (Wildman–Crippen MR) is 117 cm³/mol. The normalized spacial score (nSPS) is 19.2. The van der Waals surface area contributed by atoms with Gasteiger partial charge in [-0.1, -0.05) is 46.3 Å². The molecule has 0 saturated heterocycles. The van der Waals surface area contributed by atoms with E-state index in [1.165, 1.54) is 0 Å². The lowest BCUT2D eigenvalue weighted by Gasteiger charge is -2.38. The van der Waals surface area contributed by atoms with Crippen molar-refractivity contribution in [3.05, 3.63) is 106 Å². The number of rotatable bonds is 2. The Labute approximate surface area is 181 Å². The first-order valence-corrected chi connectivity index (χ1v) is 10.4. The fourth-order valence-corrected chi connectivity index (χ4v) is 4.45. The van der Waals surface area contributed by atoms with E-state index < -0.39 is 0 Å². The zero-order valence-electron chi connectivity index (χ0n) is 15.7. The monoisotopic (exact) mass is 457 g/mol. The molecule has 2 aromatic heterocycles. The average Bonchev–Trinajstić information content (AvgIpc) is 3.26. The highest BCUT2D eigenvalue weighted by Gasteiger charge is 2.40. The van der Waals surface area contributed by atoms with E-state index in [9.17, 15) is 0 Å². The van der Waals surface area contributed by atoms with Crippen LogP contribution < -0.4 is 10.1 Å². The fourth-order valence-electron chi connectivity index (χ4n) is 4.19. The molecule has 4 aromatic rings. The van der Waals surface area contributed by atoms with Gasteiger partial charge in [-0.2, -0.15) is 10.1 Å². The summed E-state index contributed by atoms with van der Waals surface area (Å²) < 4.78 is 9.51. The number of ether oxygens (including phenoxy) is 1. The first-order chi connectivity index (χ1) is 14.8. The number of aromatic nitrogens is 4. The molecular weight excluding hydrogens is 442 g/mol. The molecule has 0 spiro atoms. The number of hydrogen-bond donors (Lipinski definition) is 1. The van der Waals surface area contributed by atoms with E-state index in [0.717, 1.165) is 38.2 Å². The molecule has 0 amide bonds. The molecule has 6 rings (SSSR count). The molecule has 1 N–H and O–H groups in total. The molecule has 0 aliphatic carbocycles. The third kappa shape index (κ3) is 2.66. The quantitative estimate of drug-likeness (QED) is 0.458. The van der Waals surface area contributed by atoms with Crippen molar-refractivity contribution in [3.8, 4) is 5.75 Å². The largest absolute Gasteiger partial charge is 0.480 e. The van der Waals surface area contributed by atoms with Crippen LogP contribution >= 0.6 is 15.9 Å². The number of nitrogens with one attached hydrogen (secondary N) is 1. The number of hydrogen-bond acceptors (Lipinski definition) is 5. The van der Waals surface area contributed by atoms with E-state index in [1.54, 1.807) is 12.5 Å². The summed E-state index contributed by atoms with van der Waals surface area (Å²) in [5.74, 6) is 1.54. The van der Waals surface area contributed by atoms with E-state index in [2.05, 4.69) is 60.6 Å². The maximum Gasteiger partial charge on any atom is 0.226 e. The van der Waals surface area contributed by atoms with Crippen molar-refractivity contribution in [3.63, 3.8) is 0 Å². The van der Waals surface area contributed by atoms with Crippen LogP contribution in [-0.2, 0) is 0 Å². The second kappa shape index (κ2) is 6.81. The van der Waals surface area contributed by atoms with Gasteiger partial charge in [-0.05, 0) is 41.5 Å². The van der Waals surface area contributed by atoms with Gasteiger partial charge in [0.1, 0.15) is 24.2 Å². The summed E-state index contributed by atoms with van der Waals surface area (Å²) in [6.07, 6.45) is 4.95. The maximum atomic E-state index is 6.58. The lowest BCUT2D eigenvalue weighted by molar-refractivity contribution is 0.223. The summed E-state index contributed by atoms with van der Waals surface area (Å²) in [5, 5.41) is 8.03. The Bertz CT molecular complexity index is 1270. The Hall–Kier alpha value is -3.45. The highest BCUT2D eigenvalue weighted by atomic mass is 79.9. The number of pyridine rings is 1. The van der Waals surface area contributed by atoms with Crippen molar-refractivity contribution < 1.29 is 4.74 Å². The van der Waals surface area contributed by atoms with Crippen LogP contribution in [-0.4, -0.2) is 19.7 Å². The molecule has 2 atom stereocenters. The predicted octanol–water partition coefficient (Wildman–Crippen LogP) is 5.00. The molecule has 2 aliphatic heterocycles. The van der Waals surface area contributed by atoms with E-state index in [-0.39, 0.29) is 12.1 Å². The van der Waals surface area contributed by atoms with Crippen molar-refractivity contribution in [2.24, 2.45) is 0 Å². The lowest BCUT2D eigenvalue weighted by atomic mass is 9.85. The van der Waals surface area contributed by atoms with Crippen LogP contribution in [0.2, 0.25) is 0 Å². The summed E-state index contributed by atoms with van der Waals surface area (Å²) in [5.41, 5.74) is 5.22. The lowest BCUT2D eigenvalue weighted by Crippen LogP contribution is -2.32. The zero-order valence-corrected chi connectivity index (χ0v) is 17.3. The first kappa shape index (κ1) is 17.4. The molecule has 4 heterocycles. The molecule has 0 fully saturated rings. The summed E-state index contributed by atoms with van der Waals surface area (Å²) in [7, 11) is 0. The van der Waals surface area contributed by atoms with Gasteiger partial charge in [-0.3, -0.25) is 4.98 Å². The maximum absolute atomic E-state index is 6.58. The average molecular weight is 458 g/mol. The first-order valence-electron chi connectivity index (χ1n) is 9.61. The Morgan fingerprint density at radius 3 is 2.67 bits per heavy atom. The number of fused-ring (bicyclic) bond motifs is 3. The second-order valence-corrected chi connectivity index (χ2v) is 8.13. The molecule has 0 bridgehead atoms. The Balaban J connectivity index is 1.63. The Kier molecular flexibility index (Phi) is 3.95. The molecule has 30 heavy (non-hydrogen) atoms. The van der Waals surface area contributed by atoms with Gasteiger partial charge in [0.05, 0.1) is 5.70 Å². The van der Waals surface area contributed by atoms with Crippen LogP contribution in [0.15, 0.2) is 89.4 Å². The molecular formula is C23H16BrN5O. The zero-order chi connectivity index (χ0) is 20.1. The number of para-hydroxylation sites is 1. The number of halogens is 1. The highest BCUT2D eigenvalue weighted by molar-refractivity contribution is 9.10. The minimum Gasteiger partial charge on any atom is -0.480 e. The van der Waals surface area contributed by atoms with Gasteiger partial charge >= 0.3 is 0 Å². The van der Waals surface area contributed by atoms with Gasteiger partial charge in [0.25, 0.3) is 0 Å². The van der Waals surface area contributed by atoms with E-state index in [4.69, 9.17) is 4.74 Å².